The third kappa shape index (κ3) is 3.54. The number of nitrogens with one attached hydrogen (secondary N) is 1. The van der Waals surface area contributed by atoms with Crippen molar-refractivity contribution in [1.82, 2.24) is 19.5 Å². The summed E-state index contributed by atoms with van der Waals surface area (Å²) in [6.07, 6.45) is 4.37. The molecule has 0 aliphatic rings. The number of nitrogens with zero attached hydrogens (tertiary/aromatic N) is 4. The van der Waals surface area contributed by atoms with Gasteiger partial charge in [-0.3, -0.25) is 9.97 Å². The highest BCUT2D eigenvalue weighted by Gasteiger charge is 2.26. The zero-order valence-corrected chi connectivity index (χ0v) is 19.1. The number of benzene rings is 1. The number of imidazole rings is 1. The first kappa shape index (κ1) is 21.6. The molecule has 9 heteroatoms. The van der Waals surface area contributed by atoms with E-state index in [2.05, 4.69) is 21.5 Å². The van der Waals surface area contributed by atoms with E-state index < -0.39 is 15.9 Å². The summed E-state index contributed by atoms with van der Waals surface area (Å²) in [5.41, 5.74) is 3.90. The summed E-state index contributed by atoms with van der Waals surface area (Å²) in [7, 11) is -2.10. The highest BCUT2D eigenvalue weighted by molar-refractivity contribution is 7.90. The largest absolute Gasteiger partial charge is 0.496 e. The lowest BCUT2D eigenvalue weighted by Crippen LogP contribution is -2.15. The van der Waals surface area contributed by atoms with Crippen molar-refractivity contribution in [1.29, 1.82) is 5.41 Å². The van der Waals surface area contributed by atoms with Crippen LogP contribution < -0.4 is 4.74 Å². The van der Waals surface area contributed by atoms with E-state index in [-0.39, 0.29) is 5.16 Å². The first-order valence-corrected chi connectivity index (χ1v) is 11.8. The van der Waals surface area contributed by atoms with Crippen LogP contribution in [0.4, 0.5) is 0 Å². The number of hydrogen-bond donors (Lipinski definition) is 1. The van der Waals surface area contributed by atoms with Crippen molar-refractivity contribution >= 4 is 43.1 Å². The van der Waals surface area contributed by atoms with E-state index >= 15 is 0 Å². The predicted molar refractivity (Wildman–Crippen MR) is 125 cm³/mol. The normalized spacial score (nSPS) is 12.8. The fourth-order valence-corrected chi connectivity index (χ4v) is 4.64. The smallest absolute Gasteiger partial charge is 0.229 e. The molecule has 1 aromatic carbocycles. The van der Waals surface area contributed by atoms with Crippen LogP contribution in [0.5, 0.6) is 5.75 Å². The lowest BCUT2D eigenvalue weighted by atomic mass is 10.00. The maximum Gasteiger partial charge on any atom is 0.229 e. The van der Waals surface area contributed by atoms with Gasteiger partial charge in [0.05, 0.1) is 36.1 Å². The van der Waals surface area contributed by atoms with Crippen LogP contribution in [0.25, 0.3) is 27.5 Å². The average Bonchev–Trinajstić information content (AvgIpc) is 3.18. The Morgan fingerprint density at radius 1 is 1.22 bits per heavy atom. The topological polar surface area (TPSA) is 111 Å². The van der Waals surface area contributed by atoms with Gasteiger partial charge in [-0.05, 0) is 43.7 Å². The van der Waals surface area contributed by atoms with Crippen molar-refractivity contribution in [2.24, 2.45) is 0 Å². The van der Waals surface area contributed by atoms with Crippen LogP contribution in [0.2, 0.25) is 0 Å². The number of sulfone groups is 1. The number of allylic oxidation sites excluding steroid dienone is 1. The summed E-state index contributed by atoms with van der Waals surface area (Å²) in [6, 6.07) is 8.71. The van der Waals surface area contributed by atoms with Crippen molar-refractivity contribution in [3.05, 3.63) is 60.6 Å². The Kier molecular flexibility index (Phi) is 5.29. The van der Waals surface area contributed by atoms with E-state index in [1.54, 1.807) is 43.1 Å². The molecule has 0 saturated carbocycles. The summed E-state index contributed by atoms with van der Waals surface area (Å²) in [5, 5.41) is 8.57. The fourth-order valence-electron chi connectivity index (χ4n) is 3.77. The first-order valence-electron chi connectivity index (χ1n) is 9.88. The summed E-state index contributed by atoms with van der Waals surface area (Å²) in [4.78, 5) is 13.3. The molecule has 1 atom stereocenters. The standard InChI is InChI=1S/C23H23N5O3S/c1-13(14(2)24)16-10-19-17(11-21(16)31-4)22-20(12-26-19)27-23(32(5,29)30)28(22)15(3)18-8-6-7-9-25-18/h6-12,15,24H,1H2,2-5H3/t15-/m1/s1. The van der Waals surface area contributed by atoms with Crippen LogP contribution in [-0.4, -0.2) is 47.0 Å². The Bertz CT molecular complexity index is 1490. The van der Waals surface area contributed by atoms with Crippen molar-refractivity contribution in [2.75, 3.05) is 13.4 Å². The van der Waals surface area contributed by atoms with Crippen LogP contribution >= 0.6 is 0 Å². The highest BCUT2D eigenvalue weighted by atomic mass is 32.2. The predicted octanol–water partition coefficient (Wildman–Crippen LogP) is 4.05. The van der Waals surface area contributed by atoms with Crippen LogP contribution in [0, 0.1) is 5.41 Å². The van der Waals surface area contributed by atoms with Crippen LogP contribution in [-0.2, 0) is 9.84 Å². The van der Waals surface area contributed by atoms with Gasteiger partial charge in [-0.15, -0.1) is 0 Å². The SMILES string of the molecule is C=C(C(C)=N)c1cc2ncc3nc(S(C)(=O)=O)n([C@H](C)c4ccccn4)c3c2cc1OC. The number of methoxy groups -OCH3 is 1. The summed E-state index contributed by atoms with van der Waals surface area (Å²) in [5.74, 6) is 0.516. The molecule has 0 bridgehead atoms. The van der Waals surface area contributed by atoms with Gasteiger partial charge < -0.3 is 14.7 Å². The van der Waals surface area contributed by atoms with E-state index in [1.165, 1.54) is 0 Å². The van der Waals surface area contributed by atoms with Crippen LogP contribution in [0.15, 0.2) is 54.5 Å². The van der Waals surface area contributed by atoms with Crippen LogP contribution in [0.3, 0.4) is 0 Å². The zero-order chi connectivity index (χ0) is 23.2. The van der Waals surface area contributed by atoms with Crippen molar-refractivity contribution in [2.45, 2.75) is 25.0 Å². The Morgan fingerprint density at radius 2 is 1.97 bits per heavy atom. The number of rotatable bonds is 6. The molecular weight excluding hydrogens is 426 g/mol. The Morgan fingerprint density at radius 3 is 2.56 bits per heavy atom. The van der Waals surface area contributed by atoms with Crippen molar-refractivity contribution in [3.8, 4) is 5.75 Å². The molecule has 32 heavy (non-hydrogen) atoms. The number of fused-ring (bicyclic) bond motifs is 3. The summed E-state index contributed by atoms with van der Waals surface area (Å²) >= 11 is 0. The molecule has 0 fully saturated rings. The second kappa shape index (κ2) is 7.83. The second-order valence-electron chi connectivity index (χ2n) is 7.63. The molecule has 1 N–H and O–H groups in total. The molecule has 0 radical (unpaired) electrons. The third-order valence-corrected chi connectivity index (χ3v) is 6.37. The van der Waals surface area contributed by atoms with E-state index in [0.29, 0.717) is 50.2 Å². The van der Waals surface area contributed by atoms with E-state index in [0.717, 1.165) is 6.26 Å². The monoisotopic (exact) mass is 449 g/mol. The van der Waals surface area contributed by atoms with E-state index in [4.69, 9.17) is 10.1 Å². The molecule has 0 amide bonds. The van der Waals surface area contributed by atoms with Crippen molar-refractivity contribution < 1.29 is 13.2 Å². The van der Waals surface area contributed by atoms with Gasteiger partial charge in [-0.2, -0.15) is 0 Å². The lowest BCUT2D eigenvalue weighted by molar-refractivity contribution is 0.414. The van der Waals surface area contributed by atoms with Gasteiger partial charge in [0, 0.05) is 29.1 Å². The van der Waals surface area contributed by atoms with Gasteiger partial charge in [0.2, 0.25) is 15.0 Å². The quantitative estimate of drug-likeness (QED) is 0.445. The van der Waals surface area contributed by atoms with E-state index in [1.807, 2.05) is 25.1 Å². The maximum absolute atomic E-state index is 12.7. The van der Waals surface area contributed by atoms with Gasteiger partial charge in [0.15, 0.2) is 0 Å². The maximum atomic E-state index is 12.7. The molecule has 3 heterocycles. The highest BCUT2D eigenvalue weighted by Crippen LogP contribution is 2.36. The van der Waals surface area contributed by atoms with E-state index in [9.17, 15) is 8.42 Å². The number of pyridine rings is 2. The van der Waals surface area contributed by atoms with Gasteiger partial charge in [0.1, 0.15) is 11.3 Å². The lowest BCUT2D eigenvalue weighted by Gasteiger charge is -2.18. The molecule has 3 aromatic heterocycles. The van der Waals surface area contributed by atoms with Gasteiger partial charge in [-0.25, -0.2) is 13.4 Å². The molecule has 0 aliphatic heterocycles. The zero-order valence-electron chi connectivity index (χ0n) is 18.2. The molecule has 0 saturated heterocycles. The molecule has 0 unspecified atom stereocenters. The van der Waals surface area contributed by atoms with Gasteiger partial charge in [0.25, 0.3) is 0 Å². The minimum Gasteiger partial charge on any atom is -0.496 e. The Hall–Kier alpha value is -3.59. The molecule has 0 aliphatic carbocycles. The minimum absolute atomic E-state index is 0.0530. The molecule has 4 aromatic rings. The average molecular weight is 450 g/mol. The van der Waals surface area contributed by atoms with Gasteiger partial charge >= 0.3 is 0 Å². The van der Waals surface area contributed by atoms with Crippen LogP contribution in [0.1, 0.15) is 31.1 Å². The number of hydrogen-bond acceptors (Lipinski definition) is 7. The summed E-state index contributed by atoms with van der Waals surface area (Å²) < 4.78 is 32.6. The molecular formula is C23H23N5O3S. The molecule has 4 rings (SSSR count). The summed E-state index contributed by atoms with van der Waals surface area (Å²) in [6.45, 7) is 7.53. The minimum atomic E-state index is -3.64. The third-order valence-electron chi connectivity index (χ3n) is 5.42. The fraction of sp³-hybridized carbons (Fsp3) is 0.217. The number of aromatic nitrogens is 4. The first-order chi connectivity index (χ1) is 15.1. The Balaban J connectivity index is 2.12. The molecule has 164 valence electrons. The number of ether oxygens (including phenoxy) is 1. The van der Waals surface area contributed by atoms with Gasteiger partial charge in [-0.1, -0.05) is 12.6 Å². The van der Waals surface area contributed by atoms with Crippen molar-refractivity contribution in [3.63, 3.8) is 0 Å². The Labute approximate surface area is 186 Å². The molecule has 0 spiro atoms. The second-order valence-corrected chi connectivity index (χ2v) is 9.54. The molecule has 8 nitrogen and oxygen atoms in total.